The first-order valence-electron chi connectivity index (χ1n) is 13.9. The van der Waals surface area contributed by atoms with E-state index in [2.05, 4.69) is 11.2 Å². The van der Waals surface area contributed by atoms with Gasteiger partial charge in [-0.2, -0.15) is 10.4 Å². The molecular formula is C29H30F2N8O3S. The zero-order chi connectivity index (χ0) is 30.5. The van der Waals surface area contributed by atoms with Crippen molar-refractivity contribution in [3.8, 4) is 17.3 Å². The number of likely N-dealkylation sites (tertiary alicyclic amines) is 1. The number of nitriles is 1. The standard InChI is InChI=1S/C29H30F2N8O3S/c1-3-21-27(35(2)28-33-26(24(13-32)43-28)18-4-6-19(30)7-5-18)23-12-22(20(31)14-39(23)34-21)37-10-8-36(9-11-37)15-25(40)38-16-29(41,42)17-38/h4-7,12,14,41-42H,3,8-11,15-17H2,1-2H3. The highest BCUT2D eigenvalue weighted by Gasteiger charge is 2.42. The summed E-state index contributed by atoms with van der Waals surface area (Å²) >= 11 is 1.21. The molecule has 11 nitrogen and oxygen atoms in total. The Labute approximate surface area is 250 Å². The van der Waals surface area contributed by atoms with Gasteiger partial charge in [-0.1, -0.05) is 18.3 Å². The van der Waals surface area contributed by atoms with Crippen molar-refractivity contribution in [1.82, 2.24) is 24.4 Å². The van der Waals surface area contributed by atoms with Crippen LogP contribution in [0.2, 0.25) is 0 Å². The Morgan fingerprint density at radius 3 is 2.49 bits per heavy atom. The lowest BCUT2D eigenvalue weighted by Gasteiger charge is -2.43. The number of aromatic nitrogens is 3. The van der Waals surface area contributed by atoms with Gasteiger partial charge in [-0.05, 0) is 36.8 Å². The SMILES string of the molecule is CCc1nn2cc(F)c(N3CCN(CC(=O)N4CC(O)(O)C4)CC3)cc2c1N(C)c1nc(-c2ccc(F)cc2)c(C#N)s1. The van der Waals surface area contributed by atoms with Crippen LogP contribution in [0.25, 0.3) is 16.8 Å². The summed E-state index contributed by atoms with van der Waals surface area (Å²) in [5.41, 5.74) is 3.69. The lowest BCUT2D eigenvalue weighted by molar-refractivity contribution is -0.240. The van der Waals surface area contributed by atoms with Crippen LogP contribution in [0.4, 0.5) is 25.3 Å². The molecule has 1 amide bonds. The Morgan fingerprint density at radius 1 is 1.16 bits per heavy atom. The molecule has 14 heteroatoms. The molecule has 0 bridgehead atoms. The van der Waals surface area contributed by atoms with Crippen molar-refractivity contribution in [3.05, 3.63) is 58.7 Å². The van der Waals surface area contributed by atoms with E-state index in [1.54, 1.807) is 18.2 Å². The maximum atomic E-state index is 15.4. The van der Waals surface area contributed by atoms with E-state index in [9.17, 15) is 24.7 Å². The van der Waals surface area contributed by atoms with E-state index in [0.29, 0.717) is 65.1 Å². The number of nitrogens with zero attached hydrogens (tertiary/aromatic N) is 8. The lowest BCUT2D eigenvalue weighted by atomic mass is 10.1. The summed E-state index contributed by atoms with van der Waals surface area (Å²) in [5.74, 6) is -2.76. The molecule has 1 aromatic carbocycles. The summed E-state index contributed by atoms with van der Waals surface area (Å²) in [6.07, 6.45) is 1.94. The number of aryl methyl sites for hydroxylation is 1. The summed E-state index contributed by atoms with van der Waals surface area (Å²) in [4.78, 5) is 24.8. The van der Waals surface area contributed by atoms with Gasteiger partial charge in [-0.25, -0.2) is 18.3 Å². The van der Waals surface area contributed by atoms with Crippen LogP contribution in [0.15, 0.2) is 36.5 Å². The minimum Gasteiger partial charge on any atom is -0.366 e. The fourth-order valence-electron chi connectivity index (χ4n) is 5.55. The van der Waals surface area contributed by atoms with E-state index < -0.39 is 11.6 Å². The Hall–Kier alpha value is -4.16. The summed E-state index contributed by atoms with van der Waals surface area (Å²) < 4.78 is 30.4. The van der Waals surface area contributed by atoms with E-state index in [0.717, 1.165) is 11.4 Å². The molecule has 0 radical (unpaired) electrons. The van der Waals surface area contributed by atoms with Crippen molar-refractivity contribution in [2.75, 3.05) is 62.7 Å². The lowest BCUT2D eigenvalue weighted by Crippen LogP contribution is -2.65. The maximum Gasteiger partial charge on any atom is 0.237 e. The van der Waals surface area contributed by atoms with Gasteiger partial charge in [0.15, 0.2) is 16.7 Å². The largest absolute Gasteiger partial charge is 0.366 e. The van der Waals surface area contributed by atoms with Gasteiger partial charge in [0, 0.05) is 38.8 Å². The third-order valence-electron chi connectivity index (χ3n) is 7.85. The number of rotatable bonds is 7. The molecule has 2 aliphatic heterocycles. The minimum absolute atomic E-state index is 0.0920. The molecule has 2 aliphatic rings. The molecule has 0 spiro atoms. The van der Waals surface area contributed by atoms with E-state index in [1.807, 2.05) is 28.7 Å². The number of β-amino-alcohol motifs (C(OH)–C–C–N with tert-alkyl or cyclic N) is 2. The number of thiazole rings is 1. The van der Waals surface area contributed by atoms with Crippen LogP contribution in [0.3, 0.4) is 0 Å². The molecule has 0 aliphatic carbocycles. The molecule has 5 heterocycles. The Morgan fingerprint density at radius 2 is 1.86 bits per heavy atom. The third kappa shape index (κ3) is 5.52. The van der Waals surface area contributed by atoms with Gasteiger partial charge in [0.05, 0.1) is 48.4 Å². The number of hydrogen-bond donors (Lipinski definition) is 2. The molecule has 0 saturated carbocycles. The first-order valence-corrected chi connectivity index (χ1v) is 14.7. The van der Waals surface area contributed by atoms with Gasteiger partial charge < -0.3 is 24.9 Å². The van der Waals surface area contributed by atoms with Crippen LogP contribution >= 0.6 is 11.3 Å². The second kappa shape index (κ2) is 11.2. The predicted octanol–water partition coefficient (Wildman–Crippen LogP) is 2.58. The van der Waals surface area contributed by atoms with Gasteiger partial charge >= 0.3 is 0 Å². The number of pyridine rings is 1. The quantitative estimate of drug-likeness (QED) is 0.305. The first-order chi connectivity index (χ1) is 20.6. The molecular weight excluding hydrogens is 578 g/mol. The zero-order valence-corrected chi connectivity index (χ0v) is 24.5. The average Bonchev–Trinajstić information content (AvgIpc) is 3.57. The van der Waals surface area contributed by atoms with Crippen molar-refractivity contribution >= 4 is 39.3 Å². The summed E-state index contributed by atoms with van der Waals surface area (Å²) in [5, 5.41) is 33.9. The molecule has 0 unspecified atom stereocenters. The molecule has 224 valence electrons. The number of fused-ring (bicyclic) bond motifs is 1. The van der Waals surface area contributed by atoms with Gasteiger partial charge in [0.2, 0.25) is 5.91 Å². The van der Waals surface area contributed by atoms with Crippen LogP contribution in [0, 0.1) is 23.0 Å². The van der Waals surface area contributed by atoms with Gasteiger partial charge in [-0.15, -0.1) is 0 Å². The van der Waals surface area contributed by atoms with Crippen LogP contribution in [-0.4, -0.2) is 99.2 Å². The number of carbonyl (C=O) groups excluding carboxylic acids is 1. The van der Waals surface area contributed by atoms with Gasteiger partial charge in [-0.3, -0.25) is 9.69 Å². The van der Waals surface area contributed by atoms with E-state index in [1.165, 1.54) is 39.1 Å². The number of aliphatic hydroxyl groups is 2. The van der Waals surface area contributed by atoms with Crippen molar-refractivity contribution < 1.29 is 23.8 Å². The number of hydrogen-bond acceptors (Lipinski definition) is 10. The van der Waals surface area contributed by atoms with Crippen LogP contribution < -0.4 is 9.80 Å². The van der Waals surface area contributed by atoms with E-state index >= 15 is 4.39 Å². The third-order valence-corrected chi connectivity index (χ3v) is 8.89. The normalized spacial score (nSPS) is 16.8. The highest BCUT2D eigenvalue weighted by molar-refractivity contribution is 7.16. The summed E-state index contributed by atoms with van der Waals surface area (Å²) in [6.45, 7) is 4.04. The summed E-state index contributed by atoms with van der Waals surface area (Å²) in [7, 11) is 1.83. The van der Waals surface area contributed by atoms with Gasteiger partial charge in [0.1, 0.15) is 22.5 Å². The average molecular weight is 609 g/mol. The van der Waals surface area contributed by atoms with E-state index in [4.69, 9.17) is 4.98 Å². The fourth-order valence-corrected chi connectivity index (χ4v) is 6.40. The first kappa shape index (κ1) is 28.9. The van der Waals surface area contributed by atoms with Crippen LogP contribution in [0.5, 0.6) is 0 Å². The van der Waals surface area contributed by atoms with Crippen molar-refractivity contribution in [3.63, 3.8) is 0 Å². The number of amides is 1. The topological polar surface area (TPSA) is 124 Å². The second-order valence-corrected chi connectivity index (χ2v) is 11.8. The maximum absolute atomic E-state index is 15.4. The second-order valence-electron chi connectivity index (χ2n) is 10.8. The highest BCUT2D eigenvalue weighted by Crippen LogP contribution is 2.39. The Balaban J connectivity index is 1.25. The molecule has 2 fully saturated rings. The monoisotopic (exact) mass is 608 g/mol. The molecule has 0 atom stereocenters. The Kier molecular flexibility index (Phi) is 7.51. The molecule has 3 aromatic heterocycles. The number of piperazine rings is 1. The van der Waals surface area contributed by atoms with Crippen molar-refractivity contribution in [2.24, 2.45) is 0 Å². The smallest absolute Gasteiger partial charge is 0.237 e. The van der Waals surface area contributed by atoms with Crippen LogP contribution in [0.1, 0.15) is 17.5 Å². The van der Waals surface area contributed by atoms with E-state index in [-0.39, 0.29) is 31.4 Å². The van der Waals surface area contributed by atoms with Crippen LogP contribution in [-0.2, 0) is 11.2 Å². The van der Waals surface area contributed by atoms with Gasteiger partial charge in [0.25, 0.3) is 0 Å². The molecule has 4 aromatic rings. The summed E-state index contributed by atoms with van der Waals surface area (Å²) in [6, 6.07) is 9.81. The van der Waals surface area contributed by atoms with Crippen molar-refractivity contribution in [2.45, 2.75) is 19.1 Å². The van der Waals surface area contributed by atoms with Crippen molar-refractivity contribution in [1.29, 1.82) is 5.26 Å². The number of benzene rings is 1. The molecule has 6 rings (SSSR count). The number of anilines is 3. The molecule has 43 heavy (non-hydrogen) atoms. The number of carbonyl (C=O) groups is 1. The predicted molar refractivity (Wildman–Crippen MR) is 157 cm³/mol. The number of halogens is 2. The Bertz CT molecular complexity index is 1720. The minimum atomic E-state index is -1.80. The fraction of sp³-hybridized carbons (Fsp3) is 0.379. The molecule has 2 N–H and O–H groups in total. The molecule has 2 saturated heterocycles. The highest BCUT2D eigenvalue weighted by atomic mass is 32.1. The zero-order valence-electron chi connectivity index (χ0n) is 23.7.